The fourth-order valence-electron chi connectivity index (χ4n) is 3.48. The molecule has 2 heterocycles. The van der Waals surface area contributed by atoms with Crippen molar-refractivity contribution in [1.82, 2.24) is 13.9 Å². The van der Waals surface area contributed by atoms with Crippen LogP contribution in [0.2, 0.25) is 0 Å². The summed E-state index contributed by atoms with van der Waals surface area (Å²) < 4.78 is 89.2. The Balaban J connectivity index is 2.14. The zero-order valence-electron chi connectivity index (χ0n) is 18.8. The number of fused-ring (bicyclic) bond motifs is 1. The van der Waals surface area contributed by atoms with E-state index in [1.807, 2.05) is 0 Å². The molecule has 0 aliphatic heterocycles. The minimum atomic E-state index is -4.99. The largest absolute Gasteiger partial charge is 0.443 e. The van der Waals surface area contributed by atoms with Crippen LogP contribution in [0.4, 0.5) is 22.4 Å². The Bertz CT molecular complexity index is 1300. The zero-order chi connectivity index (χ0) is 25.5. The fraction of sp³-hybridized carbons (Fsp3) is 0.364. The number of benzene rings is 1. The van der Waals surface area contributed by atoms with Crippen molar-refractivity contribution in [3.63, 3.8) is 0 Å². The van der Waals surface area contributed by atoms with Crippen LogP contribution in [0.15, 0.2) is 53.7 Å². The summed E-state index contributed by atoms with van der Waals surface area (Å²) in [5, 5.41) is -0.0492. The summed E-state index contributed by atoms with van der Waals surface area (Å²) in [6, 6.07) is 3.24. The normalized spacial score (nSPS) is 13.9. The molecule has 3 aromatic rings. The number of nitrogens with zero attached hydrogens (tertiary/aromatic N) is 3. The first-order valence-corrected chi connectivity index (χ1v) is 11.6. The molecule has 0 bridgehead atoms. The van der Waals surface area contributed by atoms with E-state index < -0.39 is 56.8 Å². The monoisotopic (exact) mass is 501 g/mol. The lowest BCUT2D eigenvalue weighted by Gasteiger charge is -2.32. The second-order valence-electron chi connectivity index (χ2n) is 8.42. The first-order valence-electron chi connectivity index (χ1n) is 10.2. The number of hydrogen-bond acceptors (Lipinski definition) is 5. The van der Waals surface area contributed by atoms with Gasteiger partial charge in [-0.15, -0.1) is 0 Å². The summed E-state index contributed by atoms with van der Waals surface area (Å²) in [7, 11) is -4.75. The number of aromatic nitrogens is 2. The lowest BCUT2D eigenvalue weighted by atomic mass is 10.1. The van der Waals surface area contributed by atoms with E-state index in [1.165, 1.54) is 19.2 Å². The summed E-state index contributed by atoms with van der Waals surface area (Å²) >= 11 is 0. The molecule has 12 heteroatoms. The number of rotatable bonds is 5. The lowest BCUT2D eigenvalue weighted by Crippen LogP contribution is -2.42. The Morgan fingerprint density at radius 1 is 1.12 bits per heavy atom. The van der Waals surface area contributed by atoms with E-state index in [9.17, 15) is 30.8 Å². The van der Waals surface area contributed by atoms with Gasteiger partial charge in [-0.2, -0.15) is 17.5 Å². The van der Waals surface area contributed by atoms with Crippen molar-refractivity contribution < 1.29 is 35.5 Å². The Hall–Kier alpha value is -2.99. The number of hydrogen-bond donors (Lipinski definition) is 0. The molecule has 0 spiro atoms. The molecule has 2 aromatic heterocycles. The zero-order valence-corrected chi connectivity index (χ0v) is 19.6. The Morgan fingerprint density at radius 3 is 2.26 bits per heavy atom. The number of pyridine rings is 1. The van der Waals surface area contributed by atoms with Gasteiger partial charge in [-0.25, -0.2) is 27.2 Å². The van der Waals surface area contributed by atoms with E-state index in [1.54, 1.807) is 20.8 Å². The molecular weight excluding hydrogens is 478 g/mol. The number of carbonyl (C=O) groups is 1. The van der Waals surface area contributed by atoms with Gasteiger partial charge in [-0.05, 0) is 50.6 Å². The molecule has 0 fully saturated rings. The second kappa shape index (κ2) is 8.99. The first kappa shape index (κ1) is 25.6. The fourth-order valence-corrected chi connectivity index (χ4v) is 5.26. The SMILES string of the molecule is CCN([C@H](c1ccc(F)cc1)C(F)(F)F)S(=O)(=O)c1ccnc2c1ccn2C(=O)OC(C)(C)C. The molecule has 0 aliphatic carbocycles. The van der Waals surface area contributed by atoms with Gasteiger partial charge >= 0.3 is 12.3 Å². The van der Waals surface area contributed by atoms with Crippen molar-refractivity contribution in [2.45, 2.75) is 50.4 Å². The number of ether oxygens (including phenoxy) is 1. The van der Waals surface area contributed by atoms with Crippen molar-refractivity contribution in [3.05, 3.63) is 60.2 Å². The van der Waals surface area contributed by atoms with E-state index in [-0.39, 0.29) is 11.0 Å². The highest BCUT2D eigenvalue weighted by molar-refractivity contribution is 7.89. The molecule has 0 N–H and O–H groups in total. The van der Waals surface area contributed by atoms with E-state index in [4.69, 9.17) is 4.74 Å². The highest BCUT2D eigenvalue weighted by Gasteiger charge is 2.49. The maximum absolute atomic E-state index is 14.1. The predicted molar refractivity (Wildman–Crippen MR) is 116 cm³/mol. The van der Waals surface area contributed by atoms with Crippen LogP contribution in [0.5, 0.6) is 0 Å². The smallest absolute Gasteiger partial charge is 0.420 e. The molecule has 1 aromatic carbocycles. The van der Waals surface area contributed by atoms with Crippen LogP contribution in [0.1, 0.15) is 39.3 Å². The Morgan fingerprint density at radius 2 is 1.74 bits per heavy atom. The summed E-state index contributed by atoms with van der Waals surface area (Å²) in [5.41, 5.74) is -1.36. The molecule has 0 unspecified atom stereocenters. The van der Waals surface area contributed by atoms with Gasteiger partial charge in [0.25, 0.3) is 0 Å². The van der Waals surface area contributed by atoms with Crippen LogP contribution in [-0.4, -0.2) is 46.7 Å². The number of sulfonamides is 1. The van der Waals surface area contributed by atoms with Crippen molar-refractivity contribution in [3.8, 4) is 0 Å². The minimum absolute atomic E-state index is 0.0492. The topological polar surface area (TPSA) is 81.5 Å². The third-order valence-corrected chi connectivity index (χ3v) is 6.82. The number of halogens is 4. The highest BCUT2D eigenvalue weighted by atomic mass is 32.2. The first-order chi connectivity index (χ1) is 15.7. The predicted octanol–water partition coefficient (Wildman–Crippen LogP) is 5.27. The molecule has 0 amide bonds. The average molecular weight is 502 g/mol. The average Bonchev–Trinajstić information content (AvgIpc) is 3.14. The summed E-state index contributed by atoms with van der Waals surface area (Å²) in [5.74, 6) is -0.755. The van der Waals surface area contributed by atoms with Crippen LogP contribution >= 0.6 is 0 Å². The molecule has 7 nitrogen and oxygen atoms in total. The van der Waals surface area contributed by atoms with Crippen LogP contribution in [0.3, 0.4) is 0 Å². The van der Waals surface area contributed by atoms with Gasteiger partial charge < -0.3 is 4.74 Å². The van der Waals surface area contributed by atoms with E-state index in [0.29, 0.717) is 4.31 Å². The summed E-state index contributed by atoms with van der Waals surface area (Å²) in [6.45, 7) is 5.67. The Kier molecular flexibility index (Phi) is 6.78. The third-order valence-electron chi connectivity index (χ3n) is 4.82. The Labute approximate surface area is 194 Å². The van der Waals surface area contributed by atoms with Gasteiger partial charge in [0.15, 0.2) is 5.65 Å². The van der Waals surface area contributed by atoms with Crippen molar-refractivity contribution in [2.24, 2.45) is 0 Å². The standard InChI is InChI=1S/C22H23F4N3O4S/c1-5-29(18(22(24,25)26)14-6-8-15(23)9-7-14)34(31,32)17-10-12-27-19-16(17)11-13-28(19)20(30)33-21(2,3)4/h6-13,18H,5H2,1-4H3/t18-/m1/s1. The third kappa shape index (κ3) is 5.07. The summed E-state index contributed by atoms with van der Waals surface area (Å²) in [6.07, 6.45) is -3.49. The number of carbonyl (C=O) groups excluding carboxylic acids is 1. The van der Waals surface area contributed by atoms with Crippen LogP contribution in [0, 0.1) is 5.82 Å². The molecule has 0 saturated heterocycles. The minimum Gasteiger partial charge on any atom is -0.443 e. The van der Waals surface area contributed by atoms with Gasteiger partial charge in [-0.1, -0.05) is 19.1 Å². The van der Waals surface area contributed by atoms with Crippen molar-refractivity contribution >= 4 is 27.1 Å². The van der Waals surface area contributed by atoms with Crippen molar-refractivity contribution in [2.75, 3.05) is 6.54 Å². The van der Waals surface area contributed by atoms with Gasteiger partial charge in [-0.3, -0.25) is 0 Å². The second-order valence-corrected chi connectivity index (χ2v) is 10.3. The highest BCUT2D eigenvalue weighted by Crippen LogP contribution is 2.41. The summed E-state index contributed by atoms with van der Waals surface area (Å²) in [4.78, 5) is 16.1. The van der Waals surface area contributed by atoms with E-state index in [2.05, 4.69) is 4.98 Å². The van der Waals surface area contributed by atoms with Gasteiger partial charge in [0.05, 0.1) is 4.90 Å². The van der Waals surface area contributed by atoms with E-state index in [0.717, 1.165) is 41.1 Å². The number of alkyl halides is 3. The van der Waals surface area contributed by atoms with Crippen molar-refractivity contribution in [1.29, 1.82) is 0 Å². The van der Waals surface area contributed by atoms with Crippen LogP contribution in [-0.2, 0) is 14.8 Å². The molecule has 34 heavy (non-hydrogen) atoms. The molecule has 184 valence electrons. The maximum Gasteiger partial charge on any atom is 0.420 e. The van der Waals surface area contributed by atoms with Gasteiger partial charge in [0.1, 0.15) is 17.5 Å². The van der Waals surface area contributed by atoms with Gasteiger partial charge in [0.2, 0.25) is 10.0 Å². The lowest BCUT2D eigenvalue weighted by molar-refractivity contribution is -0.173. The molecular formula is C22H23F4N3O4S. The van der Waals surface area contributed by atoms with Crippen LogP contribution in [0.25, 0.3) is 11.0 Å². The molecule has 0 saturated carbocycles. The van der Waals surface area contributed by atoms with E-state index >= 15 is 0 Å². The quantitative estimate of drug-likeness (QED) is 0.445. The molecule has 0 radical (unpaired) electrons. The van der Waals surface area contributed by atoms with Gasteiger partial charge in [0, 0.05) is 24.3 Å². The molecule has 1 atom stereocenters. The molecule has 3 rings (SSSR count). The maximum atomic E-state index is 14.1. The van der Waals surface area contributed by atoms with Crippen LogP contribution < -0.4 is 0 Å². The molecule has 0 aliphatic rings.